The number of hydrazone groups is 1. The van der Waals surface area contributed by atoms with Crippen molar-refractivity contribution in [1.29, 1.82) is 5.26 Å². The standard InChI is InChI=1S/C14H18ClN7O/c1-23-7-5-17-13-10(8-16)9-18-22(13)14-12(15)19-11-4-2-3-6-21(11)20-14/h9,12,17H,2-7H2,1H3. The van der Waals surface area contributed by atoms with Gasteiger partial charge in [0, 0.05) is 26.6 Å². The number of anilines is 1. The third-order valence-corrected chi connectivity index (χ3v) is 4.01. The molecule has 23 heavy (non-hydrogen) atoms. The van der Waals surface area contributed by atoms with Gasteiger partial charge in [-0.3, -0.25) is 5.01 Å². The quantitative estimate of drug-likeness (QED) is 0.510. The van der Waals surface area contributed by atoms with Crippen LogP contribution in [0.5, 0.6) is 0 Å². The number of piperidine rings is 1. The summed E-state index contributed by atoms with van der Waals surface area (Å²) in [4.78, 5) is 4.52. The third-order valence-electron chi connectivity index (χ3n) is 3.72. The molecule has 1 aromatic heterocycles. The smallest absolute Gasteiger partial charge is 0.192 e. The highest BCUT2D eigenvalue weighted by atomic mass is 35.5. The summed E-state index contributed by atoms with van der Waals surface area (Å²) < 4.78 is 6.59. The Bertz CT molecular complexity index is 675. The Balaban J connectivity index is 1.90. The number of nitrogens with one attached hydrogen (secondary N) is 1. The molecule has 1 unspecified atom stereocenters. The van der Waals surface area contributed by atoms with Crippen LogP contribution in [0.4, 0.5) is 5.82 Å². The molecule has 1 saturated heterocycles. The zero-order valence-electron chi connectivity index (χ0n) is 12.9. The Hall–Kier alpha value is -2.11. The molecule has 0 aliphatic carbocycles. The van der Waals surface area contributed by atoms with Crippen LogP contribution in [0.3, 0.4) is 0 Å². The Morgan fingerprint density at radius 1 is 1.52 bits per heavy atom. The van der Waals surface area contributed by atoms with Crippen LogP contribution >= 0.6 is 11.6 Å². The van der Waals surface area contributed by atoms with E-state index in [9.17, 15) is 5.26 Å². The van der Waals surface area contributed by atoms with Gasteiger partial charge in [-0.1, -0.05) is 11.6 Å². The van der Waals surface area contributed by atoms with Gasteiger partial charge in [0.05, 0.1) is 12.8 Å². The number of alkyl halides is 1. The highest BCUT2D eigenvalue weighted by Crippen LogP contribution is 2.23. The fourth-order valence-corrected chi connectivity index (χ4v) is 2.84. The number of fused-ring (bicyclic) bond motifs is 1. The predicted molar refractivity (Wildman–Crippen MR) is 87.8 cm³/mol. The summed E-state index contributed by atoms with van der Waals surface area (Å²) in [6.07, 6.45) is 4.57. The molecule has 0 aromatic carbocycles. The van der Waals surface area contributed by atoms with E-state index in [4.69, 9.17) is 16.3 Å². The number of nitrogens with zero attached hydrogens (tertiary/aromatic N) is 6. The molecule has 2 aliphatic rings. The molecule has 0 amide bonds. The monoisotopic (exact) mass is 335 g/mol. The van der Waals surface area contributed by atoms with Gasteiger partial charge < -0.3 is 10.1 Å². The van der Waals surface area contributed by atoms with Gasteiger partial charge in [0.25, 0.3) is 0 Å². The molecule has 9 heteroatoms. The van der Waals surface area contributed by atoms with Crippen LogP contribution in [0.1, 0.15) is 24.8 Å². The van der Waals surface area contributed by atoms with Crippen LogP contribution in [0.2, 0.25) is 0 Å². The Morgan fingerprint density at radius 3 is 3.17 bits per heavy atom. The molecule has 1 aromatic rings. The van der Waals surface area contributed by atoms with Crippen molar-refractivity contribution in [3.05, 3.63) is 11.8 Å². The van der Waals surface area contributed by atoms with E-state index < -0.39 is 5.50 Å². The number of ether oxygens (including phenoxy) is 1. The van der Waals surface area contributed by atoms with E-state index in [1.807, 2.05) is 5.01 Å². The first-order chi connectivity index (χ1) is 11.2. The molecule has 0 saturated carbocycles. The first-order valence-corrected chi connectivity index (χ1v) is 7.96. The van der Waals surface area contributed by atoms with Crippen molar-refractivity contribution < 1.29 is 4.74 Å². The lowest BCUT2D eigenvalue weighted by Crippen LogP contribution is -2.40. The van der Waals surface area contributed by atoms with Crippen LogP contribution in [-0.4, -0.2) is 58.8 Å². The van der Waals surface area contributed by atoms with E-state index in [1.165, 1.54) is 6.20 Å². The van der Waals surface area contributed by atoms with E-state index in [2.05, 4.69) is 26.6 Å². The van der Waals surface area contributed by atoms with Gasteiger partial charge >= 0.3 is 0 Å². The van der Waals surface area contributed by atoms with Gasteiger partial charge in [0.15, 0.2) is 11.3 Å². The first-order valence-electron chi connectivity index (χ1n) is 7.52. The maximum atomic E-state index is 9.25. The lowest BCUT2D eigenvalue weighted by molar-refractivity contribution is 0.210. The zero-order valence-corrected chi connectivity index (χ0v) is 13.6. The fraction of sp³-hybridized carbons (Fsp3) is 0.571. The summed E-state index contributed by atoms with van der Waals surface area (Å²) >= 11 is 6.38. The lowest BCUT2D eigenvalue weighted by atomic mass is 10.1. The Kier molecular flexibility index (Phi) is 4.79. The molecule has 3 heterocycles. The molecule has 1 atom stereocenters. The molecule has 1 N–H and O–H groups in total. The molecule has 0 radical (unpaired) electrons. The summed E-state index contributed by atoms with van der Waals surface area (Å²) in [6.45, 7) is 1.89. The van der Waals surface area contributed by atoms with Crippen LogP contribution in [0.25, 0.3) is 0 Å². The van der Waals surface area contributed by atoms with E-state index in [0.717, 1.165) is 31.6 Å². The lowest BCUT2D eigenvalue weighted by Gasteiger charge is -2.31. The minimum absolute atomic E-state index is 0.432. The number of hydrogen-bond donors (Lipinski definition) is 1. The fourth-order valence-electron chi connectivity index (χ4n) is 2.59. The molecule has 1 fully saturated rings. The summed E-state index contributed by atoms with van der Waals surface area (Å²) in [5.74, 6) is 1.98. The zero-order chi connectivity index (χ0) is 16.2. The summed E-state index contributed by atoms with van der Waals surface area (Å²) in [6, 6.07) is 2.12. The molecule has 122 valence electrons. The average Bonchev–Trinajstić information content (AvgIpc) is 2.97. The molecule has 8 nitrogen and oxygen atoms in total. The minimum atomic E-state index is -0.617. The third kappa shape index (κ3) is 3.16. The first kappa shape index (κ1) is 15.8. The second-order valence-corrected chi connectivity index (χ2v) is 5.68. The highest BCUT2D eigenvalue weighted by Gasteiger charge is 2.29. The number of nitriles is 1. The van der Waals surface area contributed by atoms with Crippen molar-refractivity contribution >= 4 is 29.1 Å². The topological polar surface area (TPSA) is 90.8 Å². The van der Waals surface area contributed by atoms with E-state index >= 15 is 0 Å². The Morgan fingerprint density at radius 2 is 2.39 bits per heavy atom. The summed E-state index contributed by atoms with van der Waals surface area (Å²) in [5, 5.41) is 23.1. The molecule has 3 rings (SSSR count). The van der Waals surface area contributed by atoms with Crippen LogP contribution in [0, 0.1) is 11.3 Å². The van der Waals surface area contributed by atoms with Crippen molar-refractivity contribution in [2.24, 2.45) is 10.1 Å². The van der Waals surface area contributed by atoms with E-state index in [-0.39, 0.29) is 0 Å². The van der Waals surface area contributed by atoms with Gasteiger partial charge in [-0.25, -0.2) is 4.99 Å². The van der Waals surface area contributed by atoms with Crippen LogP contribution in [0.15, 0.2) is 16.3 Å². The second-order valence-electron chi connectivity index (χ2n) is 5.27. The largest absolute Gasteiger partial charge is 0.383 e. The van der Waals surface area contributed by atoms with Gasteiger partial charge in [-0.2, -0.15) is 20.1 Å². The Labute approximate surface area is 139 Å². The normalized spacial score (nSPS) is 20.4. The van der Waals surface area contributed by atoms with Crippen molar-refractivity contribution in [2.75, 3.05) is 32.1 Å². The number of methoxy groups -OCH3 is 1. The maximum Gasteiger partial charge on any atom is 0.192 e. The SMILES string of the molecule is COCCNc1c(C#N)cnn1C1=NN2CCCCC2=NC1Cl. The van der Waals surface area contributed by atoms with Crippen molar-refractivity contribution in [3.8, 4) is 6.07 Å². The summed E-state index contributed by atoms with van der Waals surface area (Å²) in [5.41, 5.74) is -0.185. The second kappa shape index (κ2) is 6.98. The van der Waals surface area contributed by atoms with Gasteiger partial charge in [-0.15, -0.1) is 0 Å². The number of hydrogen-bond acceptors (Lipinski definition) is 7. The van der Waals surface area contributed by atoms with Gasteiger partial charge in [-0.05, 0) is 12.8 Å². The maximum absolute atomic E-state index is 9.25. The van der Waals surface area contributed by atoms with Crippen LogP contribution in [-0.2, 0) is 4.74 Å². The number of aromatic nitrogens is 2. The number of amidine groups is 1. The van der Waals surface area contributed by atoms with E-state index in [0.29, 0.717) is 30.4 Å². The summed E-state index contributed by atoms with van der Waals surface area (Å²) in [7, 11) is 1.62. The number of rotatable bonds is 4. The molecule has 0 bridgehead atoms. The predicted octanol–water partition coefficient (Wildman–Crippen LogP) is 1.44. The van der Waals surface area contributed by atoms with Gasteiger partial charge in [0.1, 0.15) is 23.3 Å². The minimum Gasteiger partial charge on any atom is -0.383 e. The van der Waals surface area contributed by atoms with E-state index in [1.54, 1.807) is 11.8 Å². The van der Waals surface area contributed by atoms with Crippen molar-refractivity contribution in [1.82, 2.24) is 14.8 Å². The number of aliphatic imine (C=N–C) groups is 1. The number of halogens is 1. The van der Waals surface area contributed by atoms with Crippen LogP contribution < -0.4 is 5.32 Å². The highest BCUT2D eigenvalue weighted by molar-refractivity contribution is 6.33. The average molecular weight is 336 g/mol. The molecular weight excluding hydrogens is 318 g/mol. The molecular formula is C14H18ClN7O. The molecule has 2 aliphatic heterocycles. The van der Waals surface area contributed by atoms with Crippen molar-refractivity contribution in [3.63, 3.8) is 0 Å². The van der Waals surface area contributed by atoms with Gasteiger partial charge in [0.2, 0.25) is 0 Å². The molecule has 0 spiro atoms. The van der Waals surface area contributed by atoms with Crippen molar-refractivity contribution in [2.45, 2.75) is 24.8 Å².